The molecule has 1 aliphatic rings. The summed E-state index contributed by atoms with van der Waals surface area (Å²) >= 11 is 6.43. The van der Waals surface area contributed by atoms with Crippen molar-refractivity contribution in [1.82, 2.24) is 9.88 Å². The van der Waals surface area contributed by atoms with Gasteiger partial charge in [-0.2, -0.15) is 0 Å². The molecule has 206 valence electrons. The summed E-state index contributed by atoms with van der Waals surface area (Å²) in [6.07, 6.45) is 2.35. The molecule has 1 fully saturated rings. The van der Waals surface area contributed by atoms with Crippen LogP contribution in [-0.4, -0.2) is 52.8 Å². The Morgan fingerprint density at radius 3 is 2.54 bits per heavy atom. The SMILES string of the molecule is COc1ccc2ncc(Cl)c([C@H](O)CCC3(CC(=O)O)CCN(CC#Cc4c(F)cc(F)cc4F)CC3)c2c1. The van der Waals surface area contributed by atoms with Crippen molar-refractivity contribution in [2.24, 2.45) is 5.41 Å². The van der Waals surface area contributed by atoms with Crippen molar-refractivity contribution in [3.63, 3.8) is 0 Å². The molecule has 10 heteroatoms. The van der Waals surface area contributed by atoms with Gasteiger partial charge in [-0.15, -0.1) is 0 Å². The number of nitrogens with zero attached hydrogens (tertiary/aromatic N) is 2. The molecule has 0 spiro atoms. The van der Waals surface area contributed by atoms with Gasteiger partial charge in [0.05, 0.1) is 42.3 Å². The van der Waals surface area contributed by atoms with Gasteiger partial charge in [0.1, 0.15) is 23.2 Å². The first-order valence-electron chi connectivity index (χ1n) is 12.5. The van der Waals surface area contributed by atoms with E-state index in [1.165, 1.54) is 6.20 Å². The van der Waals surface area contributed by atoms with E-state index in [2.05, 4.69) is 16.8 Å². The van der Waals surface area contributed by atoms with Crippen LogP contribution >= 0.6 is 11.6 Å². The van der Waals surface area contributed by atoms with Crippen LogP contribution in [0.4, 0.5) is 13.2 Å². The number of aliphatic hydroxyl groups is 1. The zero-order valence-electron chi connectivity index (χ0n) is 21.3. The molecule has 2 N–H and O–H groups in total. The summed E-state index contributed by atoms with van der Waals surface area (Å²) in [5.74, 6) is 1.72. The highest BCUT2D eigenvalue weighted by atomic mass is 35.5. The maximum absolute atomic E-state index is 13.8. The fourth-order valence-electron chi connectivity index (χ4n) is 5.14. The lowest BCUT2D eigenvalue weighted by atomic mass is 9.71. The summed E-state index contributed by atoms with van der Waals surface area (Å²) < 4.78 is 46.1. The molecule has 1 aromatic heterocycles. The highest BCUT2D eigenvalue weighted by Crippen LogP contribution is 2.43. The fraction of sp³-hybridized carbons (Fsp3) is 0.379. The Bertz CT molecular complexity index is 1410. The Morgan fingerprint density at radius 1 is 1.21 bits per heavy atom. The molecule has 39 heavy (non-hydrogen) atoms. The highest BCUT2D eigenvalue weighted by Gasteiger charge is 2.37. The number of carboxylic acid groups (broad SMARTS) is 1. The van der Waals surface area contributed by atoms with Gasteiger partial charge < -0.3 is 14.9 Å². The van der Waals surface area contributed by atoms with E-state index in [0.717, 1.165) is 0 Å². The predicted octanol–water partition coefficient (Wildman–Crippen LogP) is 5.74. The lowest BCUT2D eigenvalue weighted by Gasteiger charge is -2.41. The minimum atomic E-state index is -1.06. The molecule has 0 saturated carbocycles. The second-order valence-corrected chi connectivity index (χ2v) is 10.3. The predicted molar refractivity (Wildman–Crippen MR) is 141 cm³/mol. The van der Waals surface area contributed by atoms with Crippen molar-refractivity contribution >= 4 is 28.5 Å². The maximum atomic E-state index is 13.8. The Hall–Kier alpha value is -3.32. The van der Waals surface area contributed by atoms with E-state index in [0.29, 0.717) is 78.1 Å². The van der Waals surface area contributed by atoms with Crippen molar-refractivity contribution in [3.05, 3.63) is 70.1 Å². The van der Waals surface area contributed by atoms with Crippen LogP contribution in [0.25, 0.3) is 10.9 Å². The second-order valence-electron chi connectivity index (χ2n) is 9.85. The van der Waals surface area contributed by atoms with Crippen molar-refractivity contribution in [2.75, 3.05) is 26.7 Å². The Balaban J connectivity index is 1.44. The van der Waals surface area contributed by atoms with Gasteiger partial charge >= 0.3 is 5.97 Å². The number of rotatable bonds is 8. The average Bonchev–Trinajstić information content (AvgIpc) is 2.89. The number of fused-ring (bicyclic) bond motifs is 1. The van der Waals surface area contributed by atoms with Crippen LogP contribution in [0.1, 0.15) is 49.3 Å². The highest BCUT2D eigenvalue weighted by molar-refractivity contribution is 6.32. The van der Waals surface area contributed by atoms with Crippen LogP contribution in [0.3, 0.4) is 0 Å². The molecular formula is C29H28ClF3N2O4. The van der Waals surface area contributed by atoms with Crippen LogP contribution < -0.4 is 4.74 Å². The summed E-state index contributed by atoms with van der Waals surface area (Å²) in [6.45, 7) is 1.29. The van der Waals surface area contributed by atoms with E-state index in [1.807, 2.05) is 4.90 Å². The topological polar surface area (TPSA) is 82.9 Å². The summed E-state index contributed by atoms with van der Waals surface area (Å²) in [4.78, 5) is 18.0. The van der Waals surface area contributed by atoms with Crippen LogP contribution in [0, 0.1) is 34.7 Å². The number of piperidine rings is 1. The van der Waals surface area contributed by atoms with Crippen molar-refractivity contribution in [3.8, 4) is 17.6 Å². The smallest absolute Gasteiger partial charge is 0.303 e. The first-order valence-corrected chi connectivity index (χ1v) is 12.9. The number of ether oxygens (including phenoxy) is 1. The molecule has 0 amide bonds. The molecule has 2 aromatic carbocycles. The van der Waals surface area contributed by atoms with E-state index in [9.17, 15) is 28.2 Å². The van der Waals surface area contributed by atoms with Gasteiger partial charge in [-0.25, -0.2) is 13.2 Å². The Labute approximate surface area is 229 Å². The minimum absolute atomic E-state index is 0.0517. The number of pyridine rings is 1. The third kappa shape index (κ3) is 6.82. The number of aliphatic hydroxyl groups excluding tert-OH is 1. The number of carboxylic acids is 1. The van der Waals surface area contributed by atoms with Gasteiger partial charge in [0.2, 0.25) is 0 Å². The average molecular weight is 561 g/mol. The number of carbonyl (C=O) groups is 1. The molecule has 0 unspecified atom stereocenters. The van der Waals surface area contributed by atoms with Gasteiger partial charge in [0.15, 0.2) is 0 Å². The normalized spacial score (nSPS) is 15.9. The summed E-state index contributed by atoms with van der Waals surface area (Å²) in [5.41, 5.74) is 0.157. The number of likely N-dealkylation sites (tertiary alicyclic amines) is 1. The van der Waals surface area contributed by atoms with Gasteiger partial charge in [0.25, 0.3) is 0 Å². The van der Waals surface area contributed by atoms with E-state index >= 15 is 0 Å². The minimum Gasteiger partial charge on any atom is -0.497 e. The number of aromatic nitrogens is 1. The zero-order chi connectivity index (χ0) is 28.2. The third-order valence-corrected chi connectivity index (χ3v) is 7.62. The molecule has 0 radical (unpaired) electrons. The number of hydrogen-bond acceptors (Lipinski definition) is 5. The van der Waals surface area contributed by atoms with E-state index in [-0.39, 0.29) is 13.0 Å². The number of benzene rings is 2. The molecule has 1 saturated heterocycles. The van der Waals surface area contributed by atoms with Crippen LogP contribution in [0.5, 0.6) is 5.75 Å². The van der Waals surface area contributed by atoms with Crippen LogP contribution in [0.2, 0.25) is 5.02 Å². The molecule has 0 bridgehead atoms. The number of aliphatic carboxylic acids is 1. The monoisotopic (exact) mass is 560 g/mol. The molecule has 1 aliphatic heterocycles. The fourth-order valence-corrected chi connectivity index (χ4v) is 5.42. The van der Waals surface area contributed by atoms with E-state index < -0.39 is 40.5 Å². The van der Waals surface area contributed by atoms with Crippen molar-refractivity contribution < 1.29 is 32.9 Å². The summed E-state index contributed by atoms with van der Waals surface area (Å²) in [5, 5.41) is 21.8. The maximum Gasteiger partial charge on any atom is 0.303 e. The van der Waals surface area contributed by atoms with Gasteiger partial charge in [-0.3, -0.25) is 14.7 Å². The second kappa shape index (κ2) is 12.2. The molecule has 2 heterocycles. The largest absolute Gasteiger partial charge is 0.497 e. The molecular weight excluding hydrogens is 533 g/mol. The van der Waals surface area contributed by atoms with E-state index in [1.54, 1.807) is 25.3 Å². The summed E-state index contributed by atoms with van der Waals surface area (Å²) in [6, 6.07) is 6.49. The Morgan fingerprint density at radius 2 is 1.90 bits per heavy atom. The first kappa shape index (κ1) is 28.7. The zero-order valence-corrected chi connectivity index (χ0v) is 22.1. The third-order valence-electron chi connectivity index (χ3n) is 7.32. The van der Waals surface area contributed by atoms with Gasteiger partial charge in [0, 0.05) is 29.3 Å². The standard InChI is InChI=1S/C29H28ClF3N2O4/c1-39-19-4-5-25-21(15-19)28(22(30)17-34-25)26(36)6-7-29(16-27(37)38)8-11-35(12-9-29)10-2-3-20-23(32)13-18(31)14-24(20)33/h4-5,13-15,17,26,36H,6-12,16H2,1H3,(H,37,38)/t26-/m1/s1. The molecule has 1 atom stereocenters. The first-order chi connectivity index (χ1) is 18.6. The van der Waals surface area contributed by atoms with Gasteiger partial charge in [-0.1, -0.05) is 23.4 Å². The van der Waals surface area contributed by atoms with Crippen molar-refractivity contribution in [2.45, 2.75) is 38.2 Å². The lowest BCUT2D eigenvalue weighted by Crippen LogP contribution is -2.41. The van der Waals surface area contributed by atoms with Crippen LogP contribution in [0.15, 0.2) is 36.5 Å². The molecule has 6 nitrogen and oxygen atoms in total. The molecule has 0 aliphatic carbocycles. The van der Waals surface area contributed by atoms with Crippen LogP contribution in [-0.2, 0) is 4.79 Å². The molecule has 4 rings (SSSR count). The summed E-state index contributed by atoms with van der Waals surface area (Å²) in [7, 11) is 1.54. The number of halogens is 4. The van der Waals surface area contributed by atoms with E-state index in [4.69, 9.17) is 16.3 Å². The Kier molecular flexibility index (Phi) is 9.01. The quantitative estimate of drug-likeness (QED) is 0.342. The lowest BCUT2D eigenvalue weighted by molar-refractivity contribution is -0.141. The van der Waals surface area contributed by atoms with Gasteiger partial charge in [-0.05, 0) is 62.4 Å². The number of hydrogen-bond donors (Lipinski definition) is 2. The number of methoxy groups -OCH3 is 1. The van der Waals surface area contributed by atoms with Crippen molar-refractivity contribution in [1.29, 1.82) is 0 Å². The molecule has 3 aromatic rings.